The summed E-state index contributed by atoms with van der Waals surface area (Å²) in [5, 5.41) is 0.00722. The van der Waals surface area contributed by atoms with Crippen LogP contribution in [0.3, 0.4) is 0 Å². The third-order valence-corrected chi connectivity index (χ3v) is 2.99. The highest BCUT2D eigenvalue weighted by Crippen LogP contribution is 2.24. The van der Waals surface area contributed by atoms with Crippen molar-refractivity contribution in [3.8, 4) is 0 Å². The molecule has 0 saturated heterocycles. The van der Waals surface area contributed by atoms with E-state index in [0.29, 0.717) is 11.1 Å². The number of thiol groups is 1. The van der Waals surface area contributed by atoms with Crippen LogP contribution in [-0.4, -0.2) is 24.0 Å². The Labute approximate surface area is 92.3 Å². The van der Waals surface area contributed by atoms with E-state index < -0.39 is 5.76 Å². The average molecular weight is 224 g/mol. The molecule has 0 aliphatic carbocycles. The van der Waals surface area contributed by atoms with Gasteiger partial charge in [-0.1, -0.05) is 6.07 Å². The number of H-pyrrole nitrogens is 1. The SMILES string of the molecule is CN(C)C(S)c1ccc2oc(=O)[nH]c2c1. The standard InChI is InChI=1S/C10H12N2O2S/c1-12(2)9(15)6-3-4-8-7(5-6)11-10(13)14-8/h3-5,9,15H,1-2H3,(H,11,13). The van der Waals surface area contributed by atoms with Crippen LogP contribution in [-0.2, 0) is 0 Å². The van der Waals surface area contributed by atoms with Crippen molar-refractivity contribution in [1.29, 1.82) is 0 Å². The first kappa shape index (κ1) is 10.3. The second-order valence-electron chi connectivity index (χ2n) is 3.61. The number of aromatic amines is 1. The molecular formula is C10H12N2O2S. The maximum Gasteiger partial charge on any atom is 0.417 e. The Bertz CT molecular complexity index is 529. The van der Waals surface area contributed by atoms with Crippen molar-refractivity contribution in [2.75, 3.05) is 14.1 Å². The summed E-state index contributed by atoms with van der Waals surface area (Å²) in [6.45, 7) is 0. The molecule has 1 heterocycles. The number of nitrogens with zero attached hydrogens (tertiary/aromatic N) is 1. The smallest absolute Gasteiger partial charge is 0.408 e. The van der Waals surface area contributed by atoms with Gasteiger partial charge in [-0.25, -0.2) is 4.79 Å². The topological polar surface area (TPSA) is 49.2 Å². The lowest BCUT2D eigenvalue weighted by molar-refractivity contribution is 0.394. The predicted molar refractivity (Wildman–Crippen MR) is 62.2 cm³/mol. The number of oxazole rings is 1. The Kier molecular flexibility index (Phi) is 2.58. The van der Waals surface area contributed by atoms with Gasteiger partial charge in [0.25, 0.3) is 0 Å². The van der Waals surface area contributed by atoms with Crippen molar-refractivity contribution in [2.45, 2.75) is 5.37 Å². The first-order chi connectivity index (χ1) is 7.08. The molecular weight excluding hydrogens is 212 g/mol. The van der Waals surface area contributed by atoms with Gasteiger partial charge in [0.15, 0.2) is 5.58 Å². The van der Waals surface area contributed by atoms with Crippen molar-refractivity contribution in [1.82, 2.24) is 9.88 Å². The molecule has 2 aromatic rings. The van der Waals surface area contributed by atoms with Crippen LogP contribution in [0.1, 0.15) is 10.9 Å². The molecule has 2 rings (SSSR count). The molecule has 1 N–H and O–H groups in total. The highest BCUT2D eigenvalue weighted by molar-refractivity contribution is 7.80. The van der Waals surface area contributed by atoms with Gasteiger partial charge in [0.1, 0.15) is 0 Å². The zero-order valence-electron chi connectivity index (χ0n) is 8.52. The largest absolute Gasteiger partial charge is 0.417 e. The van der Waals surface area contributed by atoms with Gasteiger partial charge in [0.2, 0.25) is 0 Å². The van der Waals surface area contributed by atoms with Gasteiger partial charge >= 0.3 is 5.76 Å². The van der Waals surface area contributed by atoms with Crippen LogP contribution in [0.5, 0.6) is 0 Å². The molecule has 1 aromatic heterocycles. The zero-order valence-corrected chi connectivity index (χ0v) is 9.41. The Hall–Kier alpha value is -1.20. The highest BCUT2D eigenvalue weighted by atomic mass is 32.1. The van der Waals surface area contributed by atoms with E-state index in [9.17, 15) is 4.79 Å². The van der Waals surface area contributed by atoms with Crippen LogP contribution >= 0.6 is 12.6 Å². The molecule has 5 heteroatoms. The van der Waals surface area contributed by atoms with Crippen LogP contribution in [0.4, 0.5) is 0 Å². The van der Waals surface area contributed by atoms with Gasteiger partial charge in [0, 0.05) is 0 Å². The molecule has 80 valence electrons. The first-order valence-corrected chi connectivity index (χ1v) is 5.07. The summed E-state index contributed by atoms with van der Waals surface area (Å²) < 4.78 is 4.91. The van der Waals surface area contributed by atoms with Crippen molar-refractivity contribution in [3.05, 3.63) is 34.3 Å². The summed E-state index contributed by atoms with van der Waals surface area (Å²) in [6, 6.07) is 5.55. The summed E-state index contributed by atoms with van der Waals surface area (Å²) in [7, 11) is 3.89. The van der Waals surface area contributed by atoms with Gasteiger partial charge in [-0.05, 0) is 31.8 Å². The minimum Gasteiger partial charge on any atom is -0.408 e. The third-order valence-electron chi connectivity index (χ3n) is 2.23. The van der Waals surface area contributed by atoms with Crippen LogP contribution in [0.25, 0.3) is 11.1 Å². The van der Waals surface area contributed by atoms with E-state index in [4.69, 9.17) is 4.42 Å². The quantitative estimate of drug-likeness (QED) is 0.602. The number of nitrogens with one attached hydrogen (secondary N) is 1. The normalized spacial score (nSPS) is 13.6. The number of benzene rings is 1. The molecule has 1 atom stereocenters. The Morgan fingerprint density at radius 2 is 2.20 bits per heavy atom. The monoisotopic (exact) mass is 224 g/mol. The van der Waals surface area contributed by atoms with E-state index in [-0.39, 0.29) is 5.37 Å². The lowest BCUT2D eigenvalue weighted by Crippen LogP contribution is -2.14. The third kappa shape index (κ3) is 1.93. The highest BCUT2D eigenvalue weighted by Gasteiger charge is 2.10. The molecule has 0 aliphatic rings. The van der Waals surface area contributed by atoms with E-state index in [1.807, 2.05) is 31.1 Å². The summed E-state index contributed by atoms with van der Waals surface area (Å²) in [5.41, 5.74) is 2.30. The van der Waals surface area contributed by atoms with E-state index in [1.165, 1.54) is 0 Å². The molecule has 0 radical (unpaired) electrons. The fraction of sp³-hybridized carbons (Fsp3) is 0.300. The zero-order chi connectivity index (χ0) is 11.0. The molecule has 0 saturated carbocycles. The van der Waals surface area contributed by atoms with Crippen molar-refractivity contribution in [3.63, 3.8) is 0 Å². The molecule has 0 bridgehead atoms. The molecule has 1 unspecified atom stereocenters. The van der Waals surface area contributed by atoms with Gasteiger partial charge in [0.05, 0.1) is 10.9 Å². The van der Waals surface area contributed by atoms with E-state index >= 15 is 0 Å². The molecule has 4 nitrogen and oxygen atoms in total. The minimum atomic E-state index is -0.428. The maximum atomic E-state index is 11.0. The first-order valence-electron chi connectivity index (χ1n) is 4.55. The minimum absolute atomic E-state index is 0.00722. The van der Waals surface area contributed by atoms with Gasteiger partial charge in [-0.3, -0.25) is 9.88 Å². The molecule has 0 spiro atoms. The number of fused-ring (bicyclic) bond motifs is 1. The Balaban J connectivity index is 2.50. The van der Waals surface area contributed by atoms with Gasteiger partial charge in [-0.2, -0.15) is 12.6 Å². The summed E-state index contributed by atoms with van der Waals surface area (Å²) in [5.74, 6) is -0.428. The second-order valence-corrected chi connectivity index (χ2v) is 4.10. The number of hydrogen-bond donors (Lipinski definition) is 2. The number of rotatable bonds is 2. The second kappa shape index (κ2) is 3.75. The predicted octanol–water partition coefficient (Wildman–Crippen LogP) is 1.61. The van der Waals surface area contributed by atoms with Crippen LogP contribution in [0, 0.1) is 0 Å². The molecule has 1 aromatic carbocycles. The van der Waals surface area contributed by atoms with E-state index in [0.717, 1.165) is 5.56 Å². The molecule has 0 fully saturated rings. The van der Waals surface area contributed by atoms with Crippen LogP contribution in [0.15, 0.2) is 27.4 Å². The maximum absolute atomic E-state index is 11.0. The molecule has 0 amide bonds. The van der Waals surface area contributed by atoms with Crippen LogP contribution < -0.4 is 5.76 Å². The van der Waals surface area contributed by atoms with E-state index in [1.54, 1.807) is 6.07 Å². The van der Waals surface area contributed by atoms with Gasteiger partial charge in [-0.15, -0.1) is 0 Å². The Morgan fingerprint density at radius 3 is 2.87 bits per heavy atom. The lowest BCUT2D eigenvalue weighted by atomic mass is 10.2. The number of hydrogen-bond acceptors (Lipinski definition) is 4. The molecule has 0 aliphatic heterocycles. The van der Waals surface area contributed by atoms with Crippen molar-refractivity contribution >= 4 is 23.7 Å². The number of aromatic nitrogens is 1. The van der Waals surface area contributed by atoms with Gasteiger partial charge < -0.3 is 4.42 Å². The fourth-order valence-corrected chi connectivity index (χ4v) is 1.59. The fourth-order valence-electron chi connectivity index (χ4n) is 1.43. The van der Waals surface area contributed by atoms with Crippen molar-refractivity contribution < 1.29 is 4.42 Å². The average Bonchev–Trinajstić information content (AvgIpc) is 2.55. The summed E-state index contributed by atoms with van der Waals surface area (Å²) >= 11 is 4.45. The van der Waals surface area contributed by atoms with Crippen molar-refractivity contribution in [2.24, 2.45) is 0 Å². The van der Waals surface area contributed by atoms with E-state index in [2.05, 4.69) is 17.6 Å². The molecule has 15 heavy (non-hydrogen) atoms. The Morgan fingerprint density at radius 1 is 1.47 bits per heavy atom. The summed E-state index contributed by atoms with van der Waals surface area (Å²) in [6.07, 6.45) is 0. The lowest BCUT2D eigenvalue weighted by Gasteiger charge is -2.18. The summed E-state index contributed by atoms with van der Waals surface area (Å²) in [4.78, 5) is 15.5. The van der Waals surface area contributed by atoms with Crippen LogP contribution in [0.2, 0.25) is 0 Å².